The molecule has 108 valence electrons. The van der Waals surface area contributed by atoms with Crippen LogP contribution in [0.15, 0.2) is 18.2 Å². The third-order valence-corrected chi connectivity index (χ3v) is 3.22. The molecule has 0 aromatic heterocycles. The first kappa shape index (κ1) is 14.7. The molecule has 6 heteroatoms. The molecule has 0 amide bonds. The summed E-state index contributed by atoms with van der Waals surface area (Å²) in [7, 11) is 1.45. The van der Waals surface area contributed by atoms with E-state index in [0.717, 1.165) is 12.8 Å². The Hall–Kier alpha value is -1.74. The Bertz CT molecular complexity index is 518. The van der Waals surface area contributed by atoms with E-state index >= 15 is 0 Å². The Morgan fingerprint density at radius 2 is 2.10 bits per heavy atom. The molecule has 1 aliphatic rings. The number of benzene rings is 1. The van der Waals surface area contributed by atoms with Crippen LogP contribution >= 0.6 is 0 Å². The van der Waals surface area contributed by atoms with Gasteiger partial charge < -0.3 is 4.74 Å². The number of rotatable bonds is 5. The van der Waals surface area contributed by atoms with Crippen LogP contribution in [0.25, 0.3) is 0 Å². The predicted molar refractivity (Wildman–Crippen MR) is 67.2 cm³/mol. The molecule has 0 N–H and O–H groups in total. The highest BCUT2D eigenvalue weighted by Crippen LogP contribution is 2.32. The van der Waals surface area contributed by atoms with Crippen LogP contribution in [0.1, 0.15) is 24.0 Å². The highest BCUT2D eigenvalue weighted by molar-refractivity contribution is 5.45. The van der Waals surface area contributed by atoms with E-state index in [9.17, 15) is 13.2 Å². The normalized spacial score (nSPS) is 15.2. The number of methoxy groups -OCH3 is 1. The maximum Gasteiger partial charge on any atom is 0.401 e. The molecule has 1 fully saturated rings. The second kappa shape index (κ2) is 5.71. The first-order valence-electron chi connectivity index (χ1n) is 6.31. The lowest BCUT2D eigenvalue weighted by atomic mass is 10.1. The van der Waals surface area contributed by atoms with Crippen molar-refractivity contribution in [1.29, 1.82) is 5.26 Å². The number of alkyl halides is 3. The summed E-state index contributed by atoms with van der Waals surface area (Å²) in [5.41, 5.74) is 1.03. The van der Waals surface area contributed by atoms with E-state index in [1.54, 1.807) is 18.2 Å². The Morgan fingerprint density at radius 3 is 2.60 bits per heavy atom. The average Bonchev–Trinajstić information content (AvgIpc) is 3.20. The molecule has 0 atom stereocenters. The zero-order valence-electron chi connectivity index (χ0n) is 11.1. The number of hydrogen-bond donors (Lipinski definition) is 0. The molecule has 1 aromatic rings. The highest BCUT2D eigenvalue weighted by Gasteiger charge is 2.37. The van der Waals surface area contributed by atoms with Crippen LogP contribution < -0.4 is 4.74 Å². The number of nitrogens with zero attached hydrogens (tertiary/aromatic N) is 2. The summed E-state index contributed by atoms with van der Waals surface area (Å²) >= 11 is 0. The minimum absolute atomic E-state index is 0.00395. The van der Waals surface area contributed by atoms with Crippen LogP contribution in [-0.4, -0.2) is 30.8 Å². The Kier molecular flexibility index (Phi) is 4.19. The van der Waals surface area contributed by atoms with Gasteiger partial charge in [-0.2, -0.15) is 18.4 Å². The Labute approximate surface area is 115 Å². The van der Waals surface area contributed by atoms with Gasteiger partial charge in [0.25, 0.3) is 0 Å². The van der Waals surface area contributed by atoms with Crippen molar-refractivity contribution in [1.82, 2.24) is 4.90 Å². The average molecular weight is 284 g/mol. The van der Waals surface area contributed by atoms with Crippen molar-refractivity contribution in [3.8, 4) is 11.8 Å². The monoisotopic (exact) mass is 284 g/mol. The molecule has 0 bridgehead atoms. The van der Waals surface area contributed by atoms with Crippen LogP contribution in [-0.2, 0) is 6.54 Å². The molecule has 0 radical (unpaired) electrons. The summed E-state index contributed by atoms with van der Waals surface area (Å²) in [6.07, 6.45) is -2.60. The van der Waals surface area contributed by atoms with Crippen molar-refractivity contribution in [3.05, 3.63) is 29.3 Å². The third-order valence-electron chi connectivity index (χ3n) is 3.22. The van der Waals surface area contributed by atoms with E-state index in [4.69, 9.17) is 10.00 Å². The standard InChI is InChI=1S/C14H15F3N2O/c1-20-13-5-2-10(6-11(13)7-18)8-19(12-3-4-12)9-14(15,16)17/h2,5-6,12H,3-4,8-9H2,1H3. The molecular formula is C14H15F3N2O. The van der Waals surface area contributed by atoms with E-state index in [2.05, 4.69) is 0 Å². The molecule has 2 rings (SSSR count). The maximum absolute atomic E-state index is 12.5. The molecule has 3 nitrogen and oxygen atoms in total. The fourth-order valence-corrected chi connectivity index (χ4v) is 2.16. The summed E-state index contributed by atoms with van der Waals surface area (Å²) in [6.45, 7) is -0.714. The van der Waals surface area contributed by atoms with Gasteiger partial charge in [0.1, 0.15) is 11.8 Å². The van der Waals surface area contributed by atoms with Crippen LogP contribution in [0.2, 0.25) is 0 Å². The van der Waals surface area contributed by atoms with Crippen molar-refractivity contribution >= 4 is 0 Å². The van der Waals surface area contributed by atoms with Gasteiger partial charge in [-0.3, -0.25) is 4.90 Å². The molecule has 0 aliphatic heterocycles. The van der Waals surface area contributed by atoms with Gasteiger partial charge in [0.2, 0.25) is 0 Å². The summed E-state index contributed by atoms with van der Waals surface area (Å²) < 4.78 is 42.7. The zero-order valence-corrected chi connectivity index (χ0v) is 11.1. The van der Waals surface area contributed by atoms with Gasteiger partial charge in [-0.25, -0.2) is 0 Å². The van der Waals surface area contributed by atoms with Crippen molar-refractivity contribution < 1.29 is 17.9 Å². The molecule has 1 aliphatic carbocycles. The molecule has 20 heavy (non-hydrogen) atoms. The van der Waals surface area contributed by atoms with E-state index in [0.29, 0.717) is 16.9 Å². The van der Waals surface area contributed by atoms with E-state index in [-0.39, 0.29) is 12.6 Å². The van der Waals surface area contributed by atoms with Crippen LogP contribution in [0.5, 0.6) is 5.75 Å². The molecule has 1 aromatic carbocycles. The zero-order chi connectivity index (χ0) is 14.8. The number of halogens is 3. The fraction of sp³-hybridized carbons (Fsp3) is 0.500. The van der Waals surface area contributed by atoms with Crippen molar-refractivity contribution in [2.45, 2.75) is 31.6 Å². The lowest BCUT2D eigenvalue weighted by molar-refractivity contribution is -0.148. The lowest BCUT2D eigenvalue weighted by Crippen LogP contribution is -2.35. The van der Waals surface area contributed by atoms with Gasteiger partial charge in [0, 0.05) is 12.6 Å². The fourth-order valence-electron chi connectivity index (χ4n) is 2.16. The Balaban J connectivity index is 2.13. The predicted octanol–water partition coefficient (Wildman–Crippen LogP) is 3.09. The van der Waals surface area contributed by atoms with Crippen molar-refractivity contribution in [2.24, 2.45) is 0 Å². The van der Waals surface area contributed by atoms with Gasteiger partial charge in [-0.1, -0.05) is 6.07 Å². The minimum atomic E-state index is -4.20. The van der Waals surface area contributed by atoms with Gasteiger partial charge in [0.15, 0.2) is 0 Å². The SMILES string of the molecule is COc1ccc(CN(CC(F)(F)F)C2CC2)cc1C#N. The lowest BCUT2D eigenvalue weighted by Gasteiger charge is -2.23. The van der Waals surface area contributed by atoms with E-state index in [1.165, 1.54) is 12.0 Å². The first-order chi connectivity index (χ1) is 9.43. The Morgan fingerprint density at radius 1 is 1.40 bits per heavy atom. The van der Waals surface area contributed by atoms with Gasteiger partial charge in [0.05, 0.1) is 19.2 Å². The van der Waals surface area contributed by atoms with Gasteiger partial charge >= 0.3 is 6.18 Å². The van der Waals surface area contributed by atoms with Crippen LogP contribution in [0.3, 0.4) is 0 Å². The molecule has 0 heterocycles. The van der Waals surface area contributed by atoms with Crippen LogP contribution in [0, 0.1) is 11.3 Å². The first-order valence-corrected chi connectivity index (χ1v) is 6.31. The molecule has 0 spiro atoms. The molecule has 1 saturated carbocycles. The largest absolute Gasteiger partial charge is 0.495 e. The van der Waals surface area contributed by atoms with Gasteiger partial charge in [-0.15, -0.1) is 0 Å². The van der Waals surface area contributed by atoms with Gasteiger partial charge in [-0.05, 0) is 30.5 Å². The number of ether oxygens (including phenoxy) is 1. The second-order valence-corrected chi connectivity index (χ2v) is 4.90. The molecule has 0 unspecified atom stereocenters. The van der Waals surface area contributed by atoms with Crippen molar-refractivity contribution in [2.75, 3.05) is 13.7 Å². The summed E-state index contributed by atoms with van der Waals surface area (Å²) in [5.74, 6) is 0.435. The quantitative estimate of drug-likeness (QED) is 0.833. The second-order valence-electron chi connectivity index (χ2n) is 4.90. The minimum Gasteiger partial charge on any atom is -0.495 e. The summed E-state index contributed by atoms with van der Waals surface area (Å²) in [5, 5.41) is 8.99. The molecular weight excluding hydrogens is 269 g/mol. The number of hydrogen-bond acceptors (Lipinski definition) is 3. The number of nitriles is 1. The third kappa shape index (κ3) is 3.87. The van der Waals surface area contributed by atoms with Crippen LogP contribution in [0.4, 0.5) is 13.2 Å². The topological polar surface area (TPSA) is 36.3 Å². The van der Waals surface area contributed by atoms with E-state index < -0.39 is 12.7 Å². The molecule has 0 saturated heterocycles. The van der Waals surface area contributed by atoms with Crippen molar-refractivity contribution in [3.63, 3.8) is 0 Å². The highest BCUT2D eigenvalue weighted by atomic mass is 19.4. The summed E-state index contributed by atoms with van der Waals surface area (Å²) in [6, 6.07) is 6.90. The smallest absolute Gasteiger partial charge is 0.401 e. The van der Waals surface area contributed by atoms with E-state index in [1.807, 2.05) is 6.07 Å². The summed E-state index contributed by atoms with van der Waals surface area (Å²) in [4.78, 5) is 1.42. The maximum atomic E-state index is 12.5.